The molecular formula is C13H14O5. The molecule has 0 amide bonds. The number of carbonyl (C=O) groups is 2. The predicted molar refractivity (Wildman–Crippen MR) is 62.3 cm³/mol. The molecule has 2 rings (SSSR count). The molecule has 0 aliphatic heterocycles. The van der Waals surface area contributed by atoms with E-state index in [4.69, 9.17) is 4.74 Å². The fourth-order valence-corrected chi connectivity index (χ4v) is 2.21. The van der Waals surface area contributed by atoms with E-state index in [1.165, 1.54) is 0 Å². The Morgan fingerprint density at radius 3 is 2.94 bits per heavy atom. The topological polar surface area (TPSA) is 72.8 Å². The number of carbonyl (C=O) groups excluding carboxylic acids is 2. The van der Waals surface area contributed by atoms with E-state index < -0.39 is 12.2 Å². The smallest absolute Gasteiger partial charge is 0.295 e. The summed E-state index contributed by atoms with van der Waals surface area (Å²) in [6, 6.07) is 5.19. The zero-order valence-corrected chi connectivity index (χ0v) is 9.96. The SMILES string of the molecule is COc1ccc2c(c1)CCC(C(O)OC=O)C2=O. The van der Waals surface area contributed by atoms with Gasteiger partial charge in [0, 0.05) is 5.56 Å². The Morgan fingerprint density at radius 2 is 2.28 bits per heavy atom. The van der Waals surface area contributed by atoms with Crippen LogP contribution in [0.5, 0.6) is 5.75 Å². The van der Waals surface area contributed by atoms with Crippen LogP contribution in [-0.4, -0.2) is 30.8 Å². The first kappa shape index (κ1) is 12.6. The number of ketones is 1. The van der Waals surface area contributed by atoms with E-state index in [2.05, 4.69) is 4.74 Å². The largest absolute Gasteiger partial charge is 0.497 e. The van der Waals surface area contributed by atoms with Crippen molar-refractivity contribution in [2.45, 2.75) is 19.1 Å². The third-order valence-corrected chi connectivity index (χ3v) is 3.18. The van der Waals surface area contributed by atoms with E-state index in [0.29, 0.717) is 24.2 Å². The van der Waals surface area contributed by atoms with Gasteiger partial charge in [-0.1, -0.05) is 0 Å². The summed E-state index contributed by atoms with van der Waals surface area (Å²) >= 11 is 0. The van der Waals surface area contributed by atoms with E-state index in [9.17, 15) is 14.7 Å². The van der Waals surface area contributed by atoms with Crippen molar-refractivity contribution in [1.29, 1.82) is 0 Å². The van der Waals surface area contributed by atoms with Gasteiger partial charge >= 0.3 is 0 Å². The number of methoxy groups -OCH3 is 1. The van der Waals surface area contributed by atoms with E-state index in [0.717, 1.165) is 5.56 Å². The molecule has 0 saturated heterocycles. The average Bonchev–Trinajstić information content (AvgIpc) is 2.38. The second kappa shape index (κ2) is 5.18. The third-order valence-electron chi connectivity index (χ3n) is 3.18. The van der Waals surface area contributed by atoms with Crippen molar-refractivity contribution in [3.05, 3.63) is 29.3 Å². The number of aryl methyl sites for hydroxylation is 1. The van der Waals surface area contributed by atoms with Gasteiger partial charge in [-0.25, -0.2) is 0 Å². The summed E-state index contributed by atoms with van der Waals surface area (Å²) in [6.07, 6.45) is -0.277. The highest BCUT2D eigenvalue weighted by atomic mass is 16.6. The third kappa shape index (κ3) is 2.22. The van der Waals surface area contributed by atoms with Crippen LogP contribution in [0.4, 0.5) is 0 Å². The van der Waals surface area contributed by atoms with Gasteiger partial charge in [-0.15, -0.1) is 0 Å². The molecule has 1 aliphatic rings. The lowest BCUT2D eigenvalue weighted by Crippen LogP contribution is -2.34. The molecular weight excluding hydrogens is 236 g/mol. The molecule has 1 aromatic carbocycles. The summed E-state index contributed by atoms with van der Waals surface area (Å²) in [7, 11) is 1.57. The molecule has 2 atom stereocenters. The number of ether oxygens (including phenoxy) is 2. The maximum atomic E-state index is 12.1. The Morgan fingerprint density at radius 1 is 1.50 bits per heavy atom. The van der Waals surface area contributed by atoms with E-state index >= 15 is 0 Å². The van der Waals surface area contributed by atoms with Crippen LogP contribution in [0.1, 0.15) is 22.3 Å². The van der Waals surface area contributed by atoms with Crippen LogP contribution in [-0.2, 0) is 16.0 Å². The van der Waals surface area contributed by atoms with Crippen LogP contribution in [0.25, 0.3) is 0 Å². The van der Waals surface area contributed by atoms with Gasteiger partial charge in [0.15, 0.2) is 5.78 Å². The van der Waals surface area contributed by atoms with Crippen molar-refractivity contribution < 1.29 is 24.2 Å². The van der Waals surface area contributed by atoms with Crippen LogP contribution in [0.3, 0.4) is 0 Å². The lowest BCUT2D eigenvalue weighted by molar-refractivity contribution is -0.158. The second-order valence-corrected chi connectivity index (χ2v) is 4.16. The predicted octanol–water partition coefficient (Wildman–Crippen LogP) is 0.932. The van der Waals surface area contributed by atoms with Crippen molar-refractivity contribution in [3.8, 4) is 5.75 Å². The van der Waals surface area contributed by atoms with Gasteiger partial charge in [-0.3, -0.25) is 9.59 Å². The highest BCUT2D eigenvalue weighted by Gasteiger charge is 2.33. The van der Waals surface area contributed by atoms with Gasteiger partial charge in [0.1, 0.15) is 5.75 Å². The first-order chi connectivity index (χ1) is 8.67. The van der Waals surface area contributed by atoms with Gasteiger partial charge in [0.25, 0.3) is 6.47 Å². The Kier molecular flexibility index (Phi) is 3.62. The quantitative estimate of drug-likeness (QED) is 0.635. The lowest BCUT2D eigenvalue weighted by atomic mass is 9.82. The van der Waals surface area contributed by atoms with E-state index in [-0.39, 0.29) is 12.3 Å². The highest BCUT2D eigenvalue weighted by molar-refractivity contribution is 6.00. The van der Waals surface area contributed by atoms with Crippen molar-refractivity contribution in [2.24, 2.45) is 5.92 Å². The number of benzene rings is 1. The van der Waals surface area contributed by atoms with Crippen molar-refractivity contribution >= 4 is 12.3 Å². The summed E-state index contributed by atoms with van der Waals surface area (Å²) in [5.74, 6) is -0.186. The number of aliphatic hydroxyl groups excluding tert-OH is 1. The zero-order chi connectivity index (χ0) is 13.1. The summed E-state index contributed by atoms with van der Waals surface area (Å²) in [5, 5.41) is 9.57. The Bertz CT molecular complexity index is 468. The standard InChI is InChI=1S/C13H14O5/c1-17-9-3-5-10-8(6-9)2-4-11(12(10)15)13(16)18-7-14/h3,5-7,11,13,16H,2,4H2,1H3. The minimum atomic E-state index is -1.37. The number of Topliss-reactive ketones (excluding diaryl/α,β-unsaturated/α-hetero) is 1. The fourth-order valence-electron chi connectivity index (χ4n) is 2.21. The second-order valence-electron chi connectivity index (χ2n) is 4.16. The van der Waals surface area contributed by atoms with Gasteiger partial charge in [-0.05, 0) is 36.6 Å². The Labute approximate surface area is 104 Å². The molecule has 1 aromatic rings. The molecule has 0 saturated carbocycles. The Hall–Kier alpha value is -1.88. The molecule has 5 nitrogen and oxygen atoms in total. The van der Waals surface area contributed by atoms with Crippen LogP contribution < -0.4 is 4.74 Å². The molecule has 1 aliphatic carbocycles. The minimum absolute atomic E-state index is 0.154. The number of fused-ring (bicyclic) bond motifs is 1. The number of hydrogen-bond acceptors (Lipinski definition) is 5. The van der Waals surface area contributed by atoms with Crippen molar-refractivity contribution in [1.82, 2.24) is 0 Å². The fraction of sp³-hybridized carbons (Fsp3) is 0.385. The molecule has 0 heterocycles. The molecule has 96 valence electrons. The molecule has 0 bridgehead atoms. The average molecular weight is 250 g/mol. The van der Waals surface area contributed by atoms with Gasteiger partial charge in [-0.2, -0.15) is 0 Å². The Balaban J connectivity index is 2.25. The molecule has 0 aromatic heterocycles. The molecule has 0 radical (unpaired) electrons. The summed E-state index contributed by atoms with van der Waals surface area (Å²) in [4.78, 5) is 22.3. The molecule has 5 heteroatoms. The number of hydrogen-bond donors (Lipinski definition) is 1. The number of rotatable bonds is 4. The van der Waals surface area contributed by atoms with Crippen LogP contribution in [0.15, 0.2) is 18.2 Å². The molecule has 0 fully saturated rings. The first-order valence-corrected chi connectivity index (χ1v) is 5.65. The van der Waals surface area contributed by atoms with Gasteiger partial charge in [0.2, 0.25) is 6.29 Å². The van der Waals surface area contributed by atoms with E-state index in [1.54, 1.807) is 19.2 Å². The van der Waals surface area contributed by atoms with Gasteiger partial charge < -0.3 is 14.6 Å². The molecule has 2 unspecified atom stereocenters. The van der Waals surface area contributed by atoms with Crippen LogP contribution in [0.2, 0.25) is 0 Å². The van der Waals surface area contributed by atoms with Crippen LogP contribution in [0, 0.1) is 5.92 Å². The molecule has 18 heavy (non-hydrogen) atoms. The van der Waals surface area contributed by atoms with Crippen LogP contribution >= 0.6 is 0 Å². The molecule has 1 N–H and O–H groups in total. The monoisotopic (exact) mass is 250 g/mol. The van der Waals surface area contributed by atoms with E-state index in [1.807, 2.05) is 6.07 Å². The maximum Gasteiger partial charge on any atom is 0.295 e. The normalized spacial score (nSPS) is 19.9. The van der Waals surface area contributed by atoms with Crippen molar-refractivity contribution in [2.75, 3.05) is 7.11 Å². The zero-order valence-electron chi connectivity index (χ0n) is 9.96. The van der Waals surface area contributed by atoms with Crippen molar-refractivity contribution in [3.63, 3.8) is 0 Å². The highest BCUT2D eigenvalue weighted by Crippen LogP contribution is 2.30. The minimum Gasteiger partial charge on any atom is -0.497 e. The maximum absolute atomic E-state index is 12.1. The summed E-state index contributed by atoms with van der Waals surface area (Å²) in [6.45, 7) is 0.154. The first-order valence-electron chi connectivity index (χ1n) is 5.65. The lowest BCUT2D eigenvalue weighted by Gasteiger charge is -2.26. The summed E-state index contributed by atoms with van der Waals surface area (Å²) < 4.78 is 9.54. The molecule has 0 spiro atoms. The van der Waals surface area contributed by atoms with Gasteiger partial charge in [0.05, 0.1) is 13.0 Å². The summed E-state index contributed by atoms with van der Waals surface area (Å²) in [5.41, 5.74) is 1.45. The number of aliphatic hydroxyl groups is 1.